The average molecular weight is 542 g/mol. The molecule has 40 heavy (non-hydrogen) atoms. The zero-order valence-electron chi connectivity index (χ0n) is 23.1. The average Bonchev–Trinajstić information content (AvgIpc) is 3.11. The van der Waals surface area contributed by atoms with E-state index in [9.17, 15) is 14.4 Å². The number of benzene rings is 1. The Balaban J connectivity index is 1.26. The highest BCUT2D eigenvalue weighted by Gasteiger charge is 2.45. The molecular formula is C32H39N5O3. The second-order valence-electron chi connectivity index (χ2n) is 12.8. The van der Waals surface area contributed by atoms with E-state index in [1.54, 1.807) is 0 Å². The van der Waals surface area contributed by atoms with Crippen molar-refractivity contribution in [2.45, 2.75) is 101 Å². The van der Waals surface area contributed by atoms with Gasteiger partial charge < -0.3 is 15.3 Å². The molecule has 2 aliphatic carbocycles. The molecule has 4 heterocycles. The van der Waals surface area contributed by atoms with E-state index >= 15 is 0 Å². The van der Waals surface area contributed by atoms with Crippen LogP contribution in [0.15, 0.2) is 46.1 Å². The summed E-state index contributed by atoms with van der Waals surface area (Å²) in [6.07, 6.45) is 16.8. The summed E-state index contributed by atoms with van der Waals surface area (Å²) in [5.74, 6) is 0.954. The van der Waals surface area contributed by atoms with E-state index in [0.29, 0.717) is 23.7 Å². The van der Waals surface area contributed by atoms with Gasteiger partial charge in [0.1, 0.15) is 11.3 Å². The van der Waals surface area contributed by atoms with Crippen LogP contribution in [0.4, 0.5) is 0 Å². The molecule has 3 aromatic rings. The lowest BCUT2D eigenvalue weighted by Crippen LogP contribution is -2.58. The Labute approximate surface area is 234 Å². The molecule has 2 aliphatic heterocycles. The van der Waals surface area contributed by atoms with Gasteiger partial charge >= 0.3 is 0 Å². The summed E-state index contributed by atoms with van der Waals surface area (Å²) in [6.45, 7) is 0. The fourth-order valence-corrected chi connectivity index (χ4v) is 8.81. The molecule has 0 unspecified atom stereocenters. The number of amides is 1. The van der Waals surface area contributed by atoms with Crippen molar-refractivity contribution in [3.63, 3.8) is 0 Å². The van der Waals surface area contributed by atoms with Crippen LogP contribution in [0.25, 0.3) is 22.3 Å². The molecule has 0 radical (unpaired) electrons. The highest BCUT2D eigenvalue weighted by Crippen LogP contribution is 2.47. The Bertz CT molecular complexity index is 1530. The number of aromatic nitrogens is 3. The molecule has 2 saturated carbocycles. The maximum atomic E-state index is 14.2. The molecule has 0 spiro atoms. The van der Waals surface area contributed by atoms with E-state index in [1.165, 1.54) is 76.5 Å². The topological polar surface area (TPSA) is 114 Å². The largest absolute Gasteiger partial charge is 0.365 e. The summed E-state index contributed by atoms with van der Waals surface area (Å²) in [5, 5.41) is 0. The molecule has 4 fully saturated rings. The number of nitrogens with two attached hydrogens (primary N) is 1. The second kappa shape index (κ2) is 10.3. The van der Waals surface area contributed by atoms with Crippen LogP contribution in [-0.2, 0) is 0 Å². The first-order valence-electron chi connectivity index (χ1n) is 15.3. The van der Waals surface area contributed by atoms with Gasteiger partial charge in [0, 0.05) is 35.9 Å². The fraction of sp³-hybridized carbons (Fsp3) is 0.562. The van der Waals surface area contributed by atoms with Gasteiger partial charge in [0.15, 0.2) is 0 Å². The molecule has 1 amide bonds. The monoisotopic (exact) mass is 541 g/mol. The van der Waals surface area contributed by atoms with Crippen LogP contribution >= 0.6 is 0 Å². The minimum Gasteiger partial charge on any atom is -0.365 e. The van der Waals surface area contributed by atoms with Gasteiger partial charge in [0.2, 0.25) is 0 Å². The van der Waals surface area contributed by atoms with Crippen LogP contribution in [0.3, 0.4) is 0 Å². The van der Waals surface area contributed by atoms with Gasteiger partial charge in [-0.15, -0.1) is 0 Å². The third kappa shape index (κ3) is 4.50. The molecule has 7 rings (SSSR count). The van der Waals surface area contributed by atoms with E-state index < -0.39 is 11.5 Å². The van der Waals surface area contributed by atoms with Gasteiger partial charge in [-0.05, 0) is 75.0 Å². The summed E-state index contributed by atoms with van der Waals surface area (Å²) in [5.41, 5.74) is 6.73. The molecule has 1 aromatic carbocycles. The third-order valence-corrected chi connectivity index (χ3v) is 10.4. The van der Waals surface area contributed by atoms with Crippen molar-refractivity contribution in [2.75, 3.05) is 0 Å². The molecule has 4 aliphatic rings. The van der Waals surface area contributed by atoms with Gasteiger partial charge in [-0.25, -0.2) is 4.98 Å². The fourth-order valence-electron chi connectivity index (χ4n) is 8.81. The Hall–Kier alpha value is -3.26. The number of carbonyl (C=O) groups excluding carboxylic acids is 1. The first-order valence-corrected chi connectivity index (χ1v) is 15.3. The number of hydrogen-bond acceptors (Lipinski definition) is 5. The minimum atomic E-state index is -0.827. The number of hydrogen-bond donors (Lipinski definition) is 2. The van der Waals surface area contributed by atoms with Crippen molar-refractivity contribution in [1.29, 1.82) is 0 Å². The summed E-state index contributed by atoms with van der Waals surface area (Å²) in [4.78, 5) is 48.4. The lowest BCUT2D eigenvalue weighted by Gasteiger charge is -2.54. The molecule has 210 valence electrons. The minimum absolute atomic E-state index is 0.0786. The summed E-state index contributed by atoms with van der Waals surface area (Å²) in [6, 6.07) is 11.0. The Morgan fingerprint density at radius 3 is 2.25 bits per heavy atom. The van der Waals surface area contributed by atoms with E-state index in [0.717, 1.165) is 35.7 Å². The summed E-state index contributed by atoms with van der Waals surface area (Å²) < 4.78 is 1.97. The number of nitrogens with one attached hydrogen (secondary N) is 1. The number of pyridine rings is 1. The number of primary amides is 1. The zero-order valence-corrected chi connectivity index (χ0v) is 23.1. The van der Waals surface area contributed by atoms with E-state index in [1.807, 2.05) is 28.8 Å². The smallest absolute Gasteiger partial charge is 0.277 e. The first-order chi connectivity index (χ1) is 19.5. The molecule has 8 heteroatoms. The van der Waals surface area contributed by atoms with Crippen molar-refractivity contribution in [1.82, 2.24) is 19.4 Å². The lowest BCUT2D eigenvalue weighted by molar-refractivity contribution is -0.0420. The van der Waals surface area contributed by atoms with Gasteiger partial charge in [0.05, 0.1) is 11.0 Å². The molecule has 6 atom stereocenters. The first kappa shape index (κ1) is 25.7. The van der Waals surface area contributed by atoms with Gasteiger partial charge in [0.25, 0.3) is 17.0 Å². The number of rotatable bonds is 4. The molecule has 8 nitrogen and oxygen atoms in total. The Kier molecular flexibility index (Phi) is 6.61. The van der Waals surface area contributed by atoms with Crippen LogP contribution in [0.1, 0.15) is 93.4 Å². The molecule has 2 saturated heterocycles. The van der Waals surface area contributed by atoms with Crippen LogP contribution in [0.2, 0.25) is 0 Å². The number of carbonyl (C=O) groups is 1. The lowest BCUT2D eigenvalue weighted by atomic mass is 9.73. The highest BCUT2D eigenvalue weighted by molar-refractivity contribution is 5.93. The number of nitrogens with zero attached hydrogens (tertiary/aromatic N) is 3. The van der Waals surface area contributed by atoms with Crippen LogP contribution in [0.5, 0.6) is 0 Å². The Morgan fingerprint density at radius 1 is 0.850 bits per heavy atom. The Morgan fingerprint density at radius 2 is 1.55 bits per heavy atom. The van der Waals surface area contributed by atoms with Gasteiger partial charge in [-0.3, -0.25) is 19.3 Å². The standard InChI is InChI=1S/C32H39N5O3/c33-30(38)26-15-21(18-34-31(26)39)29-32(40)37(28-11-4-3-10-27(28)35-29)25-16-22-8-5-9-23(17-25)36(22)24-13-19-6-1-2-7-20(12-19)14-24/h3-4,10-11,15,18-20,22-25H,1-2,5-9,12-14,16-17H2,(H2,33,38)(H,34,39)/t19-,20+,22-,23+,24-,25+. The van der Waals surface area contributed by atoms with Crippen molar-refractivity contribution < 1.29 is 4.79 Å². The maximum Gasteiger partial charge on any atom is 0.277 e. The maximum absolute atomic E-state index is 14.2. The number of H-pyrrole nitrogens is 1. The van der Waals surface area contributed by atoms with E-state index in [4.69, 9.17) is 10.7 Å². The van der Waals surface area contributed by atoms with Crippen LogP contribution in [-0.4, -0.2) is 43.5 Å². The van der Waals surface area contributed by atoms with Crippen molar-refractivity contribution >= 4 is 16.9 Å². The summed E-state index contributed by atoms with van der Waals surface area (Å²) in [7, 11) is 0. The van der Waals surface area contributed by atoms with E-state index in [2.05, 4.69) is 9.88 Å². The number of fused-ring (bicyclic) bond motifs is 5. The third-order valence-electron chi connectivity index (χ3n) is 10.4. The molecule has 2 aromatic heterocycles. The number of aromatic amines is 1. The molecule has 4 bridgehead atoms. The molecular weight excluding hydrogens is 502 g/mol. The van der Waals surface area contributed by atoms with Crippen LogP contribution < -0.4 is 16.9 Å². The van der Waals surface area contributed by atoms with Crippen molar-refractivity contribution in [3.8, 4) is 11.3 Å². The predicted octanol–water partition coefficient (Wildman–Crippen LogP) is 4.77. The summed E-state index contributed by atoms with van der Waals surface area (Å²) >= 11 is 0. The predicted molar refractivity (Wildman–Crippen MR) is 155 cm³/mol. The zero-order chi connectivity index (χ0) is 27.4. The van der Waals surface area contributed by atoms with Crippen LogP contribution in [0, 0.1) is 11.8 Å². The number of para-hydroxylation sites is 2. The van der Waals surface area contributed by atoms with Crippen molar-refractivity contribution in [2.24, 2.45) is 17.6 Å². The second-order valence-corrected chi connectivity index (χ2v) is 12.8. The number of piperidine rings is 2. The van der Waals surface area contributed by atoms with E-state index in [-0.39, 0.29) is 22.9 Å². The van der Waals surface area contributed by atoms with Gasteiger partial charge in [-0.1, -0.05) is 44.2 Å². The SMILES string of the molecule is NC(=O)c1cc(-c2nc3ccccc3n([C@H]3C[C@H]4CCC[C@@H](C3)N4[C@@H]3C[C@@H]4CCCC[C@@H](C4)C3)c2=O)c[nH]c1=O. The normalized spacial score (nSPS) is 30.6. The quantitative estimate of drug-likeness (QED) is 0.494. The highest BCUT2D eigenvalue weighted by atomic mass is 16.2. The van der Waals surface area contributed by atoms with Crippen molar-refractivity contribution in [3.05, 3.63) is 62.8 Å². The van der Waals surface area contributed by atoms with Gasteiger partial charge in [-0.2, -0.15) is 0 Å². The molecule has 3 N–H and O–H groups in total.